The van der Waals surface area contributed by atoms with Gasteiger partial charge in [0.05, 0.1) is 19.8 Å². The molecule has 2 fully saturated rings. The summed E-state index contributed by atoms with van der Waals surface area (Å²) in [5.74, 6) is 0.962. The number of rotatable bonds is 7. The third-order valence-electron chi connectivity index (χ3n) is 3.78. The van der Waals surface area contributed by atoms with E-state index in [1.54, 1.807) is 0 Å². The lowest BCUT2D eigenvalue weighted by Crippen LogP contribution is -2.36. The molecule has 110 valence electrons. The summed E-state index contributed by atoms with van der Waals surface area (Å²) < 4.78 is 16.2. The molecule has 0 radical (unpaired) electrons. The second-order valence-corrected chi connectivity index (χ2v) is 5.47. The van der Waals surface area contributed by atoms with Gasteiger partial charge in [0.1, 0.15) is 18.5 Å². The lowest BCUT2D eigenvalue weighted by atomic mass is 10.1. The molecular weight excluding hydrogens is 254 g/mol. The average Bonchev–Trinajstić information content (AvgIpc) is 3.31. The van der Waals surface area contributed by atoms with Crippen LogP contribution < -0.4 is 4.74 Å². The van der Waals surface area contributed by atoms with Crippen molar-refractivity contribution in [3.05, 3.63) is 29.8 Å². The zero-order valence-corrected chi connectivity index (χ0v) is 11.9. The van der Waals surface area contributed by atoms with Crippen LogP contribution in [-0.4, -0.2) is 57.1 Å². The van der Waals surface area contributed by atoms with Gasteiger partial charge in [-0.25, -0.2) is 0 Å². The summed E-state index contributed by atoms with van der Waals surface area (Å²) in [7, 11) is 0. The van der Waals surface area contributed by atoms with E-state index in [1.165, 1.54) is 12.0 Å². The van der Waals surface area contributed by atoms with Gasteiger partial charge >= 0.3 is 0 Å². The molecule has 1 unspecified atom stereocenters. The fourth-order valence-electron chi connectivity index (χ4n) is 2.48. The van der Waals surface area contributed by atoms with Gasteiger partial charge < -0.3 is 14.2 Å². The van der Waals surface area contributed by atoms with Crippen LogP contribution in [0, 0.1) is 0 Å². The molecule has 1 aromatic carbocycles. The highest BCUT2D eigenvalue weighted by Gasteiger charge is 2.23. The fraction of sp³-hybridized carbons (Fsp3) is 0.625. The third kappa shape index (κ3) is 4.47. The Kier molecular flexibility index (Phi) is 4.90. The zero-order chi connectivity index (χ0) is 13.6. The van der Waals surface area contributed by atoms with Crippen LogP contribution in [0.1, 0.15) is 12.0 Å². The predicted molar refractivity (Wildman–Crippen MR) is 77.3 cm³/mol. The van der Waals surface area contributed by atoms with E-state index in [0.717, 1.165) is 51.6 Å². The van der Waals surface area contributed by atoms with E-state index in [4.69, 9.17) is 14.2 Å². The maximum atomic E-state index is 5.71. The molecule has 2 saturated heterocycles. The number of epoxide rings is 1. The number of ether oxygens (including phenoxy) is 3. The van der Waals surface area contributed by atoms with Gasteiger partial charge in [-0.15, -0.1) is 0 Å². The predicted octanol–water partition coefficient (Wildman–Crippen LogP) is 1.73. The van der Waals surface area contributed by atoms with Gasteiger partial charge in [-0.2, -0.15) is 0 Å². The van der Waals surface area contributed by atoms with Gasteiger partial charge in [-0.3, -0.25) is 4.90 Å². The van der Waals surface area contributed by atoms with Crippen LogP contribution in [0.3, 0.4) is 0 Å². The number of hydrogen-bond acceptors (Lipinski definition) is 4. The maximum absolute atomic E-state index is 5.71. The normalized spacial score (nSPS) is 22.7. The van der Waals surface area contributed by atoms with E-state index in [-0.39, 0.29) is 0 Å². The highest BCUT2D eigenvalue weighted by Crippen LogP contribution is 2.17. The van der Waals surface area contributed by atoms with Gasteiger partial charge in [0, 0.05) is 13.1 Å². The molecule has 2 heterocycles. The Morgan fingerprint density at radius 2 is 2.10 bits per heavy atom. The van der Waals surface area contributed by atoms with Crippen LogP contribution in [0.4, 0.5) is 0 Å². The SMILES string of the molecule is c1cc(CCCN2CCOCC2)cc(OCC2CO2)c1. The molecule has 2 aliphatic rings. The first-order valence-corrected chi connectivity index (χ1v) is 7.53. The number of aryl methyl sites for hydroxylation is 1. The summed E-state index contributed by atoms with van der Waals surface area (Å²) >= 11 is 0. The van der Waals surface area contributed by atoms with Crippen LogP contribution in [0.15, 0.2) is 24.3 Å². The van der Waals surface area contributed by atoms with Crippen LogP contribution >= 0.6 is 0 Å². The van der Waals surface area contributed by atoms with Crippen LogP contribution in [0.25, 0.3) is 0 Å². The lowest BCUT2D eigenvalue weighted by Gasteiger charge is -2.26. The van der Waals surface area contributed by atoms with Crippen molar-refractivity contribution in [2.45, 2.75) is 18.9 Å². The second-order valence-electron chi connectivity index (χ2n) is 5.47. The molecule has 1 aromatic rings. The monoisotopic (exact) mass is 277 g/mol. The van der Waals surface area contributed by atoms with Crippen molar-refractivity contribution >= 4 is 0 Å². The Morgan fingerprint density at radius 3 is 2.90 bits per heavy atom. The lowest BCUT2D eigenvalue weighted by molar-refractivity contribution is 0.0374. The molecule has 4 nitrogen and oxygen atoms in total. The summed E-state index contributed by atoms with van der Waals surface area (Å²) in [6.07, 6.45) is 2.61. The van der Waals surface area contributed by atoms with Crippen molar-refractivity contribution in [3.63, 3.8) is 0 Å². The van der Waals surface area contributed by atoms with Crippen LogP contribution in [-0.2, 0) is 15.9 Å². The Balaban J connectivity index is 1.40. The van der Waals surface area contributed by atoms with Gasteiger partial charge in [-0.05, 0) is 37.1 Å². The van der Waals surface area contributed by atoms with Crippen LogP contribution in [0.5, 0.6) is 5.75 Å². The van der Waals surface area contributed by atoms with E-state index in [1.807, 2.05) is 6.07 Å². The zero-order valence-electron chi connectivity index (χ0n) is 11.9. The molecule has 0 bridgehead atoms. The minimum atomic E-state index is 0.319. The van der Waals surface area contributed by atoms with Crippen molar-refractivity contribution in [3.8, 4) is 5.75 Å². The largest absolute Gasteiger partial charge is 0.491 e. The van der Waals surface area contributed by atoms with Crippen molar-refractivity contribution in [1.82, 2.24) is 4.90 Å². The summed E-state index contributed by atoms with van der Waals surface area (Å²) in [6.45, 7) is 6.59. The molecule has 0 spiro atoms. The summed E-state index contributed by atoms with van der Waals surface area (Å²) in [4.78, 5) is 2.48. The summed E-state index contributed by atoms with van der Waals surface area (Å²) in [5, 5.41) is 0. The number of morpholine rings is 1. The van der Waals surface area contributed by atoms with E-state index in [0.29, 0.717) is 12.7 Å². The number of nitrogens with zero attached hydrogens (tertiary/aromatic N) is 1. The Bertz CT molecular complexity index is 414. The van der Waals surface area contributed by atoms with Gasteiger partial charge in [0.2, 0.25) is 0 Å². The summed E-state index contributed by atoms with van der Waals surface area (Å²) in [5.41, 5.74) is 1.35. The number of hydrogen-bond donors (Lipinski definition) is 0. The van der Waals surface area contributed by atoms with Crippen molar-refractivity contribution in [2.24, 2.45) is 0 Å². The van der Waals surface area contributed by atoms with E-state index < -0.39 is 0 Å². The Morgan fingerprint density at radius 1 is 1.25 bits per heavy atom. The first-order chi connectivity index (χ1) is 9.90. The molecule has 0 saturated carbocycles. The molecule has 20 heavy (non-hydrogen) atoms. The number of benzene rings is 1. The highest BCUT2D eigenvalue weighted by molar-refractivity contribution is 5.28. The van der Waals surface area contributed by atoms with E-state index >= 15 is 0 Å². The Labute approximate surface area is 120 Å². The first-order valence-electron chi connectivity index (χ1n) is 7.53. The van der Waals surface area contributed by atoms with Gasteiger partial charge in [0.25, 0.3) is 0 Å². The molecule has 0 aromatic heterocycles. The van der Waals surface area contributed by atoms with Crippen LogP contribution in [0.2, 0.25) is 0 Å². The van der Waals surface area contributed by atoms with E-state index in [2.05, 4.69) is 23.1 Å². The van der Waals surface area contributed by atoms with Crippen molar-refractivity contribution in [1.29, 1.82) is 0 Å². The highest BCUT2D eigenvalue weighted by atomic mass is 16.6. The summed E-state index contributed by atoms with van der Waals surface area (Å²) in [6, 6.07) is 8.43. The topological polar surface area (TPSA) is 34.2 Å². The smallest absolute Gasteiger partial charge is 0.119 e. The average molecular weight is 277 g/mol. The van der Waals surface area contributed by atoms with E-state index in [9.17, 15) is 0 Å². The fourth-order valence-corrected chi connectivity index (χ4v) is 2.48. The van der Waals surface area contributed by atoms with Gasteiger partial charge in [0.15, 0.2) is 0 Å². The Hall–Kier alpha value is -1.10. The molecule has 0 N–H and O–H groups in total. The molecular formula is C16H23NO3. The quantitative estimate of drug-likeness (QED) is 0.711. The van der Waals surface area contributed by atoms with Crippen molar-refractivity contribution < 1.29 is 14.2 Å². The van der Waals surface area contributed by atoms with Crippen molar-refractivity contribution in [2.75, 3.05) is 46.1 Å². The molecule has 1 atom stereocenters. The second kappa shape index (κ2) is 7.07. The maximum Gasteiger partial charge on any atom is 0.119 e. The standard InChI is InChI=1S/C16H23NO3/c1-3-14(4-2-6-17-7-9-18-10-8-17)11-15(5-1)19-12-16-13-20-16/h1,3,5,11,16H,2,4,6-10,12-13H2. The third-order valence-corrected chi connectivity index (χ3v) is 3.78. The molecule has 3 rings (SSSR count). The molecule has 0 aliphatic carbocycles. The minimum absolute atomic E-state index is 0.319. The minimum Gasteiger partial charge on any atom is -0.491 e. The first kappa shape index (κ1) is 13.9. The van der Waals surface area contributed by atoms with Gasteiger partial charge in [-0.1, -0.05) is 12.1 Å². The molecule has 0 amide bonds. The molecule has 4 heteroatoms. The molecule has 2 aliphatic heterocycles.